The average Bonchev–Trinajstić information content (AvgIpc) is 2.84. The Kier molecular flexibility index (Phi) is 4.78. The van der Waals surface area contributed by atoms with Gasteiger partial charge in [0, 0.05) is 19.0 Å². The van der Waals surface area contributed by atoms with E-state index >= 15 is 0 Å². The number of likely N-dealkylation sites (N-methyl/N-ethyl adjacent to an activating group) is 2. The van der Waals surface area contributed by atoms with Crippen molar-refractivity contribution in [2.24, 2.45) is 0 Å². The van der Waals surface area contributed by atoms with Gasteiger partial charge >= 0.3 is 5.97 Å². The summed E-state index contributed by atoms with van der Waals surface area (Å²) in [4.78, 5) is 38.8. The maximum absolute atomic E-state index is 12.0. The summed E-state index contributed by atoms with van der Waals surface area (Å²) in [7, 11) is 1.48. The molecule has 8 heteroatoms. The Morgan fingerprint density at radius 2 is 2.17 bits per heavy atom. The van der Waals surface area contributed by atoms with E-state index in [1.165, 1.54) is 17.3 Å². The average molecular weight is 271 g/mol. The number of nitrogens with zero attached hydrogens (tertiary/aromatic N) is 2. The lowest BCUT2D eigenvalue weighted by Crippen LogP contribution is -2.39. The summed E-state index contributed by atoms with van der Waals surface area (Å²) < 4.78 is 0. The first kappa shape index (κ1) is 14.1. The second-order valence-electron chi connectivity index (χ2n) is 3.34. The van der Waals surface area contributed by atoms with Gasteiger partial charge in [-0.05, 0) is 6.92 Å². The number of hydrogen-bond acceptors (Lipinski definition) is 5. The Balaban J connectivity index is 2.82. The Labute approximate surface area is 107 Å². The Morgan fingerprint density at radius 1 is 1.50 bits per heavy atom. The van der Waals surface area contributed by atoms with Crippen molar-refractivity contribution in [1.29, 1.82) is 0 Å². The molecule has 0 spiro atoms. The first-order valence-electron chi connectivity index (χ1n) is 5.18. The molecule has 0 aliphatic carbocycles. The zero-order valence-electron chi connectivity index (χ0n) is 9.97. The van der Waals surface area contributed by atoms with Crippen LogP contribution < -0.4 is 5.32 Å². The van der Waals surface area contributed by atoms with Crippen molar-refractivity contribution in [3.05, 3.63) is 16.1 Å². The molecule has 0 aliphatic rings. The maximum Gasteiger partial charge on any atom is 0.355 e. The minimum atomic E-state index is -1.18. The zero-order valence-corrected chi connectivity index (χ0v) is 10.8. The van der Waals surface area contributed by atoms with Gasteiger partial charge in [-0.2, -0.15) is 0 Å². The van der Waals surface area contributed by atoms with Gasteiger partial charge in [-0.3, -0.25) is 9.59 Å². The lowest BCUT2D eigenvalue weighted by atomic mass is 10.4. The minimum Gasteiger partial charge on any atom is -0.476 e. The van der Waals surface area contributed by atoms with Gasteiger partial charge in [-0.15, -0.1) is 11.3 Å². The van der Waals surface area contributed by atoms with Gasteiger partial charge in [0.25, 0.3) is 5.91 Å². The van der Waals surface area contributed by atoms with Gasteiger partial charge in [-0.25, -0.2) is 9.78 Å². The quantitative estimate of drug-likeness (QED) is 0.788. The lowest BCUT2D eigenvalue weighted by molar-refractivity contribution is -0.121. The second kappa shape index (κ2) is 6.10. The van der Waals surface area contributed by atoms with Crippen molar-refractivity contribution in [1.82, 2.24) is 15.2 Å². The largest absolute Gasteiger partial charge is 0.476 e. The summed E-state index contributed by atoms with van der Waals surface area (Å²) in [6, 6.07) is 0. The van der Waals surface area contributed by atoms with Crippen LogP contribution in [0, 0.1) is 0 Å². The number of aromatic carboxylic acids is 1. The fourth-order valence-corrected chi connectivity index (χ4v) is 1.94. The van der Waals surface area contributed by atoms with Crippen LogP contribution in [0.1, 0.15) is 27.2 Å². The van der Waals surface area contributed by atoms with Gasteiger partial charge < -0.3 is 15.3 Å². The zero-order chi connectivity index (χ0) is 13.7. The van der Waals surface area contributed by atoms with Crippen LogP contribution in [0.25, 0.3) is 0 Å². The highest BCUT2D eigenvalue weighted by atomic mass is 32.1. The molecule has 0 saturated carbocycles. The van der Waals surface area contributed by atoms with Gasteiger partial charge in [0.1, 0.15) is 0 Å². The van der Waals surface area contributed by atoms with Crippen LogP contribution in [0.2, 0.25) is 0 Å². The summed E-state index contributed by atoms with van der Waals surface area (Å²) in [5, 5.41) is 12.5. The number of nitrogens with one attached hydrogen (secondary N) is 1. The molecule has 1 heterocycles. The molecule has 1 aromatic rings. The van der Waals surface area contributed by atoms with Gasteiger partial charge in [-0.1, -0.05) is 0 Å². The number of carbonyl (C=O) groups is 3. The van der Waals surface area contributed by atoms with Crippen molar-refractivity contribution in [3.8, 4) is 0 Å². The third kappa shape index (κ3) is 3.27. The molecule has 0 fully saturated rings. The van der Waals surface area contributed by atoms with Crippen molar-refractivity contribution in [3.63, 3.8) is 0 Å². The highest BCUT2D eigenvalue weighted by Crippen LogP contribution is 2.12. The molecule has 0 saturated heterocycles. The third-order valence-electron chi connectivity index (χ3n) is 2.19. The number of rotatable bonds is 5. The van der Waals surface area contributed by atoms with Crippen LogP contribution in [0.4, 0.5) is 0 Å². The molecule has 18 heavy (non-hydrogen) atoms. The molecule has 2 N–H and O–H groups in total. The normalized spacial score (nSPS) is 9.89. The van der Waals surface area contributed by atoms with Gasteiger partial charge in [0.05, 0.1) is 6.54 Å². The highest BCUT2D eigenvalue weighted by molar-refractivity contribution is 7.11. The number of carboxylic acid groups (broad SMARTS) is 1. The SMILES string of the molecule is CCN(CC(=O)NC)C(=O)c1nc(C(=O)O)cs1. The Bertz CT molecular complexity index is 471. The van der Waals surface area contributed by atoms with Crippen LogP contribution in [-0.4, -0.2) is 52.9 Å². The van der Waals surface area contributed by atoms with Gasteiger partial charge in [0.15, 0.2) is 10.7 Å². The summed E-state index contributed by atoms with van der Waals surface area (Å²) in [5.74, 6) is -1.92. The molecule has 1 aromatic heterocycles. The number of carbonyl (C=O) groups excluding carboxylic acids is 2. The van der Waals surface area contributed by atoms with E-state index in [-0.39, 0.29) is 23.2 Å². The second-order valence-corrected chi connectivity index (χ2v) is 4.19. The number of hydrogen-bond donors (Lipinski definition) is 2. The summed E-state index contributed by atoms with van der Waals surface area (Å²) >= 11 is 0.950. The van der Waals surface area contributed by atoms with E-state index in [0.717, 1.165) is 11.3 Å². The molecule has 7 nitrogen and oxygen atoms in total. The number of thiazole rings is 1. The molecule has 0 unspecified atom stereocenters. The van der Waals surface area contributed by atoms with Crippen molar-refractivity contribution in [2.45, 2.75) is 6.92 Å². The van der Waals surface area contributed by atoms with Crippen LogP contribution in [-0.2, 0) is 4.79 Å². The summed E-state index contributed by atoms with van der Waals surface area (Å²) in [6.45, 7) is 1.99. The molecule has 2 amide bonds. The van der Waals surface area contributed by atoms with Crippen molar-refractivity contribution in [2.75, 3.05) is 20.1 Å². The fourth-order valence-electron chi connectivity index (χ4n) is 1.19. The van der Waals surface area contributed by atoms with Crippen molar-refractivity contribution < 1.29 is 19.5 Å². The molecule has 0 bridgehead atoms. The monoisotopic (exact) mass is 271 g/mol. The van der Waals surface area contributed by atoms with E-state index in [4.69, 9.17) is 5.11 Å². The molecule has 98 valence electrons. The maximum atomic E-state index is 12.0. The third-order valence-corrected chi connectivity index (χ3v) is 3.02. The standard InChI is InChI=1S/C10H13N3O4S/c1-3-13(4-7(14)11-2)9(15)8-12-6(5-18-8)10(16)17/h5H,3-4H2,1-2H3,(H,11,14)(H,16,17). The predicted molar refractivity (Wildman–Crippen MR) is 64.7 cm³/mol. The predicted octanol–water partition coefficient (Wildman–Crippen LogP) is 0.0494. The fraction of sp³-hybridized carbons (Fsp3) is 0.400. The van der Waals surface area contributed by atoms with E-state index in [1.54, 1.807) is 6.92 Å². The smallest absolute Gasteiger partial charge is 0.355 e. The Hall–Kier alpha value is -1.96. The molecule has 0 aliphatic heterocycles. The van der Waals surface area contributed by atoms with Crippen LogP contribution >= 0.6 is 11.3 Å². The van der Waals surface area contributed by atoms with Crippen LogP contribution in [0.3, 0.4) is 0 Å². The molecular weight excluding hydrogens is 258 g/mol. The number of carboxylic acids is 1. The minimum absolute atomic E-state index is 0.0677. The van der Waals surface area contributed by atoms with Crippen molar-refractivity contribution >= 4 is 29.1 Å². The van der Waals surface area contributed by atoms with E-state index in [0.29, 0.717) is 6.54 Å². The molecular formula is C10H13N3O4S. The van der Waals surface area contributed by atoms with Crippen LogP contribution in [0.5, 0.6) is 0 Å². The summed E-state index contributed by atoms with van der Waals surface area (Å²) in [6.07, 6.45) is 0. The first-order chi connectivity index (χ1) is 8.49. The molecule has 0 atom stereocenters. The van der Waals surface area contributed by atoms with E-state index < -0.39 is 11.9 Å². The summed E-state index contributed by atoms with van der Waals surface area (Å²) in [5.41, 5.74) is -0.167. The van der Waals surface area contributed by atoms with Gasteiger partial charge in [0.2, 0.25) is 5.91 Å². The lowest BCUT2D eigenvalue weighted by Gasteiger charge is -2.18. The van der Waals surface area contributed by atoms with Crippen LogP contribution in [0.15, 0.2) is 5.38 Å². The molecule has 1 rings (SSSR count). The van der Waals surface area contributed by atoms with E-state index in [2.05, 4.69) is 10.3 Å². The number of amides is 2. The Morgan fingerprint density at radius 3 is 2.61 bits per heavy atom. The number of aromatic nitrogens is 1. The molecule has 0 aromatic carbocycles. The van der Waals surface area contributed by atoms with E-state index in [9.17, 15) is 14.4 Å². The first-order valence-corrected chi connectivity index (χ1v) is 6.06. The molecule has 0 radical (unpaired) electrons. The van der Waals surface area contributed by atoms with E-state index in [1.807, 2.05) is 0 Å². The highest BCUT2D eigenvalue weighted by Gasteiger charge is 2.21. The topological polar surface area (TPSA) is 99.6 Å².